The van der Waals surface area contributed by atoms with Gasteiger partial charge < -0.3 is 10.2 Å². The molecule has 0 aliphatic carbocycles. The number of benzene rings is 1. The van der Waals surface area contributed by atoms with Gasteiger partial charge in [-0.1, -0.05) is 20.8 Å². The standard InChI is InChI=1S/C17H23N3O4S/c1-17(2,3)16(22)19-6-8-20(9-7-19)25(23,24)13-4-5-14-12(10-13)11-15(21)18-14/h4-5,10H,6-9,11H2,1-3H3,(H,18,21). The lowest BCUT2D eigenvalue weighted by molar-refractivity contribution is -0.140. The van der Waals surface area contributed by atoms with E-state index in [2.05, 4.69) is 5.32 Å². The average molecular weight is 365 g/mol. The van der Waals surface area contributed by atoms with Gasteiger partial charge in [-0.3, -0.25) is 9.59 Å². The summed E-state index contributed by atoms with van der Waals surface area (Å²) in [5, 5.41) is 2.70. The highest BCUT2D eigenvalue weighted by atomic mass is 32.2. The summed E-state index contributed by atoms with van der Waals surface area (Å²) in [5.41, 5.74) is 0.901. The minimum atomic E-state index is -3.63. The van der Waals surface area contributed by atoms with Crippen LogP contribution in [0.5, 0.6) is 0 Å². The molecule has 3 rings (SSSR count). The van der Waals surface area contributed by atoms with E-state index in [4.69, 9.17) is 0 Å². The largest absolute Gasteiger partial charge is 0.340 e. The SMILES string of the molecule is CC(C)(C)C(=O)N1CCN(S(=O)(=O)c2ccc3c(c2)CC(=O)N3)CC1. The number of amides is 2. The highest BCUT2D eigenvalue weighted by molar-refractivity contribution is 7.89. The highest BCUT2D eigenvalue weighted by Gasteiger charge is 2.34. The van der Waals surface area contributed by atoms with Gasteiger partial charge in [0.1, 0.15) is 0 Å². The molecule has 25 heavy (non-hydrogen) atoms. The maximum absolute atomic E-state index is 12.9. The van der Waals surface area contributed by atoms with E-state index in [0.29, 0.717) is 24.3 Å². The molecule has 0 atom stereocenters. The lowest BCUT2D eigenvalue weighted by atomic mass is 9.94. The fourth-order valence-corrected chi connectivity index (χ4v) is 4.59. The molecule has 0 aromatic heterocycles. The van der Waals surface area contributed by atoms with Crippen LogP contribution in [0.4, 0.5) is 5.69 Å². The minimum absolute atomic E-state index is 0.0339. The van der Waals surface area contributed by atoms with Crippen LogP contribution in [0.15, 0.2) is 23.1 Å². The molecule has 1 fully saturated rings. The van der Waals surface area contributed by atoms with E-state index in [1.807, 2.05) is 20.8 Å². The molecule has 0 bridgehead atoms. The lowest BCUT2D eigenvalue weighted by Crippen LogP contribution is -2.52. The Morgan fingerprint density at radius 2 is 1.76 bits per heavy atom. The van der Waals surface area contributed by atoms with Crippen molar-refractivity contribution >= 4 is 27.5 Å². The van der Waals surface area contributed by atoms with Crippen molar-refractivity contribution in [2.75, 3.05) is 31.5 Å². The van der Waals surface area contributed by atoms with Gasteiger partial charge in [-0.2, -0.15) is 4.31 Å². The van der Waals surface area contributed by atoms with E-state index < -0.39 is 15.4 Å². The van der Waals surface area contributed by atoms with E-state index in [1.165, 1.54) is 10.4 Å². The van der Waals surface area contributed by atoms with Gasteiger partial charge >= 0.3 is 0 Å². The lowest BCUT2D eigenvalue weighted by Gasteiger charge is -2.37. The molecule has 0 saturated carbocycles. The first kappa shape index (κ1) is 17.9. The molecule has 1 saturated heterocycles. The molecule has 2 aliphatic rings. The number of hydrogen-bond acceptors (Lipinski definition) is 4. The summed E-state index contributed by atoms with van der Waals surface area (Å²) in [6.07, 6.45) is 0.201. The molecule has 2 heterocycles. The predicted molar refractivity (Wildman–Crippen MR) is 93.6 cm³/mol. The Bertz CT molecular complexity index is 819. The van der Waals surface area contributed by atoms with Crippen LogP contribution in [0.2, 0.25) is 0 Å². The number of nitrogens with one attached hydrogen (secondary N) is 1. The molecular weight excluding hydrogens is 342 g/mol. The quantitative estimate of drug-likeness (QED) is 0.849. The van der Waals surface area contributed by atoms with Gasteiger partial charge in [0.15, 0.2) is 0 Å². The van der Waals surface area contributed by atoms with E-state index in [1.54, 1.807) is 17.0 Å². The molecule has 1 N–H and O–H groups in total. The molecule has 2 aliphatic heterocycles. The summed E-state index contributed by atoms with van der Waals surface area (Å²) in [7, 11) is -3.63. The third-order valence-electron chi connectivity index (χ3n) is 4.51. The number of carbonyl (C=O) groups is 2. The normalized spacial score (nSPS) is 18.8. The molecule has 8 heteroatoms. The fourth-order valence-electron chi connectivity index (χ4n) is 3.12. The Hall–Kier alpha value is -1.93. The monoisotopic (exact) mass is 365 g/mol. The van der Waals surface area contributed by atoms with E-state index in [0.717, 1.165) is 0 Å². The molecule has 0 unspecified atom stereocenters. The zero-order valence-electron chi connectivity index (χ0n) is 14.7. The molecule has 0 radical (unpaired) electrons. The third kappa shape index (κ3) is 3.41. The molecular formula is C17H23N3O4S. The van der Waals surface area contributed by atoms with Gasteiger partial charge in [0.2, 0.25) is 21.8 Å². The van der Waals surface area contributed by atoms with Crippen molar-refractivity contribution in [3.05, 3.63) is 23.8 Å². The highest BCUT2D eigenvalue weighted by Crippen LogP contribution is 2.28. The summed E-state index contributed by atoms with van der Waals surface area (Å²) >= 11 is 0. The van der Waals surface area contributed by atoms with Gasteiger partial charge in [-0.15, -0.1) is 0 Å². The van der Waals surface area contributed by atoms with Crippen LogP contribution in [-0.2, 0) is 26.0 Å². The number of anilines is 1. The van der Waals surface area contributed by atoms with Gasteiger partial charge in [0.05, 0.1) is 11.3 Å². The van der Waals surface area contributed by atoms with Crippen molar-refractivity contribution in [1.82, 2.24) is 9.21 Å². The van der Waals surface area contributed by atoms with Crippen LogP contribution in [0.3, 0.4) is 0 Å². The van der Waals surface area contributed by atoms with Crippen LogP contribution in [0.1, 0.15) is 26.3 Å². The Morgan fingerprint density at radius 3 is 2.36 bits per heavy atom. The summed E-state index contributed by atoms with van der Waals surface area (Å²) in [4.78, 5) is 25.7. The van der Waals surface area contributed by atoms with Crippen molar-refractivity contribution in [2.45, 2.75) is 32.1 Å². The summed E-state index contributed by atoms with van der Waals surface area (Å²) in [6.45, 7) is 6.91. The van der Waals surface area contributed by atoms with Gasteiger partial charge in [0, 0.05) is 37.3 Å². The van der Waals surface area contributed by atoms with Gasteiger partial charge in [-0.25, -0.2) is 8.42 Å². The third-order valence-corrected chi connectivity index (χ3v) is 6.40. The molecule has 1 aromatic carbocycles. The molecule has 136 valence electrons. The smallest absolute Gasteiger partial charge is 0.243 e. The number of fused-ring (bicyclic) bond motifs is 1. The second-order valence-corrected chi connectivity index (χ2v) is 9.43. The van der Waals surface area contributed by atoms with Crippen LogP contribution >= 0.6 is 0 Å². The first-order valence-corrected chi connectivity index (χ1v) is 9.75. The van der Waals surface area contributed by atoms with Crippen LogP contribution in [0, 0.1) is 5.41 Å². The minimum Gasteiger partial charge on any atom is -0.340 e. The summed E-state index contributed by atoms with van der Waals surface area (Å²) in [5.74, 6) is -0.0921. The Balaban J connectivity index is 1.74. The summed E-state index contributed by atoms with van der Waals surface area (Å²) in [6, 6.07) is 4.72. The topological polar surface area (TPSA) is 86.8 Å². The van der Waals surface area contributed by atoms with Crippen molar-refractivity contribution < 1.29 is 18.0 Å². The van der Waals surface area contributed by atoms with Crippen LogP contribution in [-0.4, -0.2) is 55.6 Å². The van der Waals surface area contributed by atoms with Gasteiger partial charge in [0.25, 0.3) is 0 Å². The van der Waals surface area contributed by atoms with E-state index in [9.17, 15) is 18.0 Å². The number of carbonyl (C=O) groups excluding carboxylic acids is 2. The average Bonchev–Trinajstić information content (AvgIpc) is 2.92. The Kier molecular flexibility index (Phi) is 4.36. The van der Waals surface area contributed by atoms with Crippen LogP contribution in [0.25, 0.3) is 0 Å². The van der Waals surface area contributed by atoms with Crippen LogP contribution < -0.4 is 5.32 Å². The molecule has 2 amide bonds. The zero-order valence-corrected chi connectivity index (χ0v) is 15.5. The number of piperazine rings is 1. The molecule has 1 aromatic rings. The fraction of sp³-hybridized carbons (Fsp3) is 0.529. The zero-order chi connectivity index (χ0) is 18.4. The first-order chi connectivity index (χ1) is 11.6. The van der Waals surface area contributed by atoms with Crippen molar-refractivity contribution in [2.24, 2.45) is 5.41 Å². The number of sulfonamides is 1. The van der Waals surface area contributed by atoms with Crippen molar-refractivity contribution in [3.8, 4) is 0 Å². The van der Waals surface area contributed by atoms with E-state index in [-0.39, 0.29) is 36.2 Å². The van der Waals surface area contributed by atoms with Crippen molar-refractivity contribution in [3.63, 3.8) is 0 Å². The second-order valence-electron chi connectivity index (χ2n) is 7.49. The number of nitrogens with zero attached hydrogens (tertiary/aromatic N) is 2. The maximum atomic E-state index is 12.9. The summed E-state index contributed by atoms with van der Waals surface area (Å²) < 4.78 is 27.1. The first-order valence-electron chi connectivity index (χ1n) is 8.31. The Morgan fingerprint density at radius 1 is 1.12 bits per heavy atom. The number of hydrogen-bond donors (Lipinski definition) is 1. The second kappa shape index (κ2) is 6.10. The maximum Gasteiger partial charge on any atom is 0.243 e. The van der Waals surface area contributed by atoms with Gasteiger partial charge in [-0.05, 0) is 23.8 Å². The predicted octanol–water partition coefficient (Wildman–Crippen LogP) is 1.06. The molecule has 7 nitrogen and oxygen atoms in total. The Labute approximate surface area is 148 Å². The van der Waals surface area contributed by atoms with Crippen molar-refractivity contribution in [1.29, 1.82) is 0 Å². The molecule has 0 spiro atoms. The van der Waals surface area contributed by atoms with E-state index >= 15 is 0 Å². The number of rotatable bonds is 2.